The maximum atomic E-state index is 5.57. The highest BCUT2D eigenvalue weighted by Crippen LogP contribution is 2.39. The molecule has 18 aromatic rings. The molecule has 0 spiro atoms. The van der Waals surface area contributed by atoms with Crippen LogP contribution in [0.1, 0.15) is 0 Å². The van der Waals surface area contributed by atoms with E-state index < -0.39 is 0 Å². The van der Waals surface area contributed by atoms with Crippen LogP contribution in [-0.4, -0.2) is 55.8 Å². The van der Waals surface area contributed by atoms with Crippen LogP contribution in [0.2, 0.25) is 0 Å². The Morgan fingerprint density at radius 2 is 0.635 bits per heavy atom. The van der Waals surface area contributed by atoms with Crippen LogP contribution in [0, 0.1) is 0 Å². The van der Waals surface area contributed by atoms with E-state index in [9.17, 15) is 0 Å². The molecule has 74 heavy (non-hydrogen) atoms. The monoisotopic (exact) mass is 946 g/mol. The Balaban J connectivity index is 1.06. The Bertz CT molecular complexity index is 5020. The van der Waals surface area contributed by atoms with Gasteiger partial charge in [-0.05, 0) is 121 Å². The molecule has 0 aliphatic carbocycles. The molecule has 12 heteroatoms. The average Bonchev–Trinajstić information content (AvgIpc) is 4.32. The minimum absolute atomic E-state index is 0.572. The highest BCUT2D eigenvalue weighted by molar-refractivity contribution is 6.13. The summed E-state index contributed by atoms with van der Waals surface area (Å²) in [5.41, 5.74) is 18.3. The van der Waals surface area contributed by atoms with E-state index in [0.717, 1.165) is 132 Å². The zero-order chi connectivity index (χ0) is 47.7. The highest BCUT2D eigenvalue weighted by atomic mass is 15.1. The molecule has 14 aliphatic heterocycles. The van der Waals surface area contributed by atoms with E-state index in [1.165, 1.54) is 10.8 Å². The quantitative estimate of drug-likeness (QED) is 0.151. The Labute approximate surface area is 415 Å². The van der Waals surface area contributed by atoms with Crippen molar-refractivity contribution in [3.8, 4) is 22.7 Å². The van der Waals surface area contributed by atoms with Crippen molar-refractivity contribution >= 4 is 132 Å². The summed E-state index contributed by atoms with van der Waals surface area (Å²) >= 11 is 0. The lowest BCUT2D eigenvalue weighted by Crippen LogP contribution is -2.00. The predicted octanol–water partition coefficient (Wildman–Crippen LogP) is 13.8. The van der Waals surface area contributed by atoms with Gasteiger partial charge in [0.05, 0.1) is 67.6 Å². The van der Waals surface area contributed by atoms with Crippen molar-refractivity contribution < 1.29 is 0 Å². The van der Waals surface area contributed by atoms with Crippen LogP contribution in [0.25, 0.3) is 155 Å². The SMILES string of the molecule is c1cc2ccc1-n1ccc3ccc4ccn(c4c31)-c1ccc(cc1)-n1c3ccc4cc3c3nc(ncc31)n1ccc3ccc5ccn(c6ncc7c(n6)c6cc(ccc6n7-2)n2ccc6ccc7ccn4c7c62)c5c31. The maximum absolute atomic E-state index is 5.57. The topological polar surface area (TPSA) is 88.9 Å². The number of benzene rings is 7. The summed E-state index contributed by atoms with van der Waals surface area (Å²) in [6.07, 6.45) is 16.9. The summed E-state index contributed by atoms with van der Waals surface area (Å²) in [7, 11) is 0. The van der Waals surface area contributed by atoms with Gasteiger partial charge in [-0.25, -0.2) is 19.9 Å². The van der Waals surface area contributed by atoms with Crippen molar-refractivity contribution in [1.29, 1.82) is 0 Å². The predicted molar refractivity (Wildman–Crippen MR) is 296 cm³/mol. The lowest BCUT2D eigenvalue weighted by atomic mass is 10.1. The van der Waals surface area contributed by atoms with Gasteiger partial charge in [0.15, 0.2) is 0 Å². The van der Waals surface area contributed by atoms with Gasteiger partial charge in [-0.15, -0.1) is 0 Å². The van der Waals surface area contributed by atoms with Crippen LogP contribution in [0.15, 0.2) is 207 Å². The molecule has 0 fully saturated rings. The maximum Gasteiger partial charge on any atom is 0.234 e. The first kappa shape index (κ1) is 37.4. The summed E-state index contributed by atoms with van der Waals surface area (Å²) in [4.78, 5) is 21.6. The van der Waals surface area contributed by atoms with E-state index in [4.69, 9.17) is 19.9 Å². The van der Waals surface area contributed by atoms with Crippen LogP contribution in [0.3, 0.4) is 0 Å². The van der Waals surface area contributed by atoms with E-state index in [1.807, 2.05) is 12.4 Å². The van der Waals surface area contributed by atoms with Crippen LogP contribution in [0.4, 0.5) is 0 Å². The molecule has 0 atom stereocenters. The number of rotatable bonds is 0. The molecule has 14 aliphatic rings. The number of aromatic nitrogens is 12. The molecule has 18 bridgehead atoms. The number of hydrogen-bond acceptors (Lipinski definition) is 4. The van der Waals surface area contributed by atoms with Gasteiger partial charge >= 0.3 is 0 Å². The highest BCUT2D eigenvalue weighted by Gasteiger charge is 2.21. The smallest absolute Gasteiger partial charge is 0.234 e. The van der Waals surface area contributed by atoms with Gasteiger partial charge in [0.25, 0.3) is 0 Å². The Kier molecular flexibility index (Phi) is 6.51. The first-order valence-corrected chi connectivity index (χ1v) is 24.8. The summed E-state index contributed by atoms with van der Waals surface area (Å²) in [5, 5.41) is 8.79. The largest absolute Gasteiger partial charge is 0.315 e. The third-order valence-corrected chi connectivity index (χ3v) is 16.2. The number of hydrogen-bond donors (Lipinski definition) is 0. The average molecular weight is 947 g/mol. The normalized spacial score (nSPS) is 12.9. The molecule has 0 saturated carbocycles. The molecule has 342 valence electrons. The summed E-state index contributed by atoms with van der Waals surface area (Å²) in [6, 6.07) is 57.8. The van der Waals surface area contributed by atoms with Crippen LogP contribution in [-0.2, 0) is 0 Å². The first-order chi connectivity index (χ1) is 36.6. The molecule has 0 amide bonds. The van der Waals surface area contributed by atoms with E-state index in [2.05, 4.69) is 231 Å². The second-order valence-electron chi connectivity index (χ2n) is 19.9. The zero-order valence-corrected chi connectivity index (χ0v) is 39.0. The standard InChI is InChI=1S/C62H34N12/c1-2-36-20-26-68-42-9-13-44(14-10-42)74-50-18-16-46-32-48(50)54-52(74)34-64-62(66-54)72-30-24-40-6-5-39-23-29-71(59(39)60(40)72)61-63-33-51-53(65-61)47-31-45(69-27-21-37-3-4-38-22-28-70(46)58(38)57(37)69)15-17-49(47)73(51)43-11-7-41(8-12-43)67-25-19-35(1)55(67)56(36)68/h1-34H. The summed E-state index contributed by atoms with van der Waals surface area (Å²) < 4.78 is 18.2. The van der Waals surface area contributed by atoms with Crippen molar-refractivity contribution in [1.82, 2.24) is 55.8 Å². The molecule has 11 aromatic heterocycles. The van der Waals surface area contributed by atoms with E-state index in [-0.39, 0.29) is 0 Å². The third kappa shape index (κ3) is 4.55. The van der Waals surface area contributed by atoms with Crippen molar-refractivity contribution in [2.75, 3.05) is 0 Å². The Hall–Kier alpha value is -10.5. The molecule has 7 aromatic carbocycles. The van der Waals surface area contributed by atoms with Crippen molar-refractivity contribution in [2.45, 2.75) is 0 Å². The minimum Gasteiger partial charge on any atom is -0.315 e. The van der Waals surface area contributed by atoms with E-state index in [1.54, 1.807) is 0 Å². The molecular formula is C62H34N12. The molecule has 32 rings (SSSR count). The van der Waals surface area contributed by atoms with Crippen molar-refractivity contribution in [3.05, 3.63) is 207 Å². The van der Waals surface area contributed by atoms with Crippen LogP contribution < -0.4 is 0 Å². The van der Waals surface area contributed by atoms with Gasteiger partial charge in [0.1, 0.15) is 11.0 Å². The summed E-state index contributed by atoms with van der Waals surface area (Å²) in [6.45, 7) is 0. The zero-order valence-electron chi connectivity index (χ0n) is 39.0. The van der Waals surface area contributed by atoms with Gasteiger partial charge in [0.2, 0.25) is 11.6 Å². The lowest BCUT2D eigenvalue weighted by Gasteiger charge is -2.13. The lowest BCUT2D eigenvalue weighted by molar-refractivity contribution is 1.08. The molecular weight excluding hydrogens is 913 g/mol. The van der Waals surface area contributed by atoms with Gasteiger partial charge in [-0.1, -0.05) is 36.4 Å². The van der Waals surface area contributed by atoms with Gasteiger partial charge in [0, 0.05) is 114 Å². The van der Waals surface area contributed by atoms with Crippen molar-refractivity contribution in [2.24, 2.45) is 0 Å². The van der Waals surface area contributed by atoms with Crippen LogP contribution >= 0.6 is 0 Å². The third-order valence-electron chi connectivity index (χ3n) is 16.2. The molecule has 0 radical (unpaired) electrons. The van der Waals surface area contributed by atoms with Crippen LogP contribution in [0.5, 0.6) is 0 Å². The molecule has 0 unspecified atom stereocenters. The van der Waals surface area contributed by atoms with Gasteiger partial charge in [-0.3, -0.25) is 8.80 Å². The minimum atomic E-state index is 0.572. The number of nitrogens with zero attached hydrogens (tertiary/aromatic N) is 12. The fourth-order valence-corrected chi connectivity index (χ4v) is 12.9. The Morgan fingerprint density at radius 1 is 0.284 bits per heavy atom. The second kappa shape index (κ2) is 12.9. The van der Waals surface area contributed by atoms with Gasteiger partial charge in [-0.2, -0.15) is 0 Å². The van der Waals surface area contributed by atoms with Gasteiger partial charge < -0.3 is 27.1 Å². The molecule has 0 N–H and O–H groups in total. The Morgan fingerprint density at radius 3 is 1.05 bits per heavy atom. The fraction of sp³-hybridized carbons (Fsp3) is 0. The molecule has 25 heterocycles. The molecule has 12 nitrogen and oxygen atoms in total. The van der Waals surface area contributed by atoms with E-state index >= 15 is 0 Å². The molecule has 0 saturated heterocycles. The van der Waals surface area contributed by atoms with E-state index in [0.29, 0.717) is 11.6 Å². The second-order valence-corrected chi connectivity index (χ2v) is 19.9. The fourth-order valence-electron chi connectivity index (χ4n) is 12.9. The summed E-state index contributed by atoms with van der Waals surface area (Å²) in [5.74, 6) is 1.14. The van der Waals surface area contributed by atoms with Crippen molar-refractivity contribution in [3.63, 3.8) is 0 Å². The first-order valence-electron chi connectivity index (χ1n) is 24.8.